The molecule has 0 atom stereocenters. The predicted octanol–water partition coefficient (Wildman–Crippen LogP) is 1.49. The Kier molecular flexibility index (Phi) is 3.67. The van der Waals surface area contributed by atoms with Gasteiger partial charge in [-0.1, -0.05) is 11.6 Å². The van der Waals surface area contributed by atoms with Gasteiger partial charge in [0.25, 0.3) is 0 Å². The summed E-state index contributed by atoms with van der Waals surface area (Å²) in [7, 11) is 1.21. The van der Waals surface area contributed by atoms with E-state index in [4.69, 9.17) is 22.0 Å². The minimum atomic E-state index is -0.666. The predicted molar refractivity (Wildman–Crippen MR) is 53.4 cm³/mol. The Hall–Kier alpha value is -1.57. The zero-order chi connectivity index (χ0) is 11.4. The molecule has 1 aromatic rings. The van der Waals surface area contributed by atoms with Gasteiger partial charge < -0.3 is 9.84 Å². The molecule has 0 aliphatic carbocycles. The van der Waals surface area contributed by atoms with Crippen LogP contribution >= 0.6 is 11.6 Å². The monoisotopic (exact) mass is 225 g/mol. The number of esters is 1. The highest BCUT2D eigenvalue weighted by Gasteiger charge is 2.18. The van der Waals surface area contributed by atoms with E-state index >= 15 is 0 Å². The Morgan fingerprint density at radius 3 is 2.80 bits per heavy atom. The molecule has 0 aliphatic heterocycles. The number of aliphatic hydroxyl groups is 1. The smallest absolute Gasteiger partial charge is 0.339 e. The van der Waals surface area contributed by atoms with Crippen LogP contribution < -0.4 is 0 Å². The molecule has 15 heavy (non-hydrogen) atoms. The molecule has 4 nitrogen and oxygen atoms in total. The van der Waals surface area contributed by atoms with Crippen LogP contribution in [0.25, 0.3) is 0 Å². The fourth-order valence-corrected chi connectivity index (χ4v) is 1.47. The van der Waals surface area contributed by atoms with Gasteiger partial charge in [0.1, 0.15) is 0 Å². The van der Waals surface area contributed by atoms with Crippen molar-refractivity contribution in [1.29, 1.82) is 5.26 Å². The van der Waals surface area contributed by atoms with Crippen molar-refractivity contribution in [2.24, 2.45) is 0 Å². The number of aliphatic hydroxyl groups excluding tert-OH is 1. The lowest BCUT2D eigenvalue weighted by Gasteiger charge is -2.08. The second-order valence-corrected chi connectivity index (χ2v) is 3.12. The van der Waals surface area contributed by atoms with Crippen molar-refractivity contribution in [3.05, 3.63) is 33.8 Å². The summed E-state index contributed by atoms with van der Waals surface area (Å²) in [4.78, 5) is 11.4. The lowest BCUT2D eigenvalue weighted by Crippen LogP contribution is -2.08. The normalized spacial score (nSPS) is 9.47. The number of carbonyl (C=O) groups excluding carboxylic acids is 1. The van der Waals surface area contributed by atoms with E-state index in [2.05, 4.69) is 4.74 Å². The van der Waals surface area contributed by atoms with Gasteiger partial charge in [0, 0.05) is 5.56 Å². The Labute approximate surface area is 91.7 Å². The largest absolute Gasteiger partial charge is 0.465 e. The fourth-order valence-electron chi connectivity index (χ4n) is 1.21. The molecule has 0 saturated heterocycles. The molecule has 0 spiro atoms. The Morgan fingerprint density at radius 1 is 1.67 bits per heavy atom. The van der Waals surface area contributed by atoms with Gasteiger partial charge in [-0.25, -0.2) is 4.79 Å². The van der Waals surface area contributed by atoms with Crippen molar-refractivity contribution in [2.75, 3.05) is 7.11 Å². The molecule has 5 heteroatoms. The molecule has 0 fully saturated rings. The van der Waals surface area contributed by atoms with Gasteiger partial charge >= 0.3 is 5.97 Å². The highest BCUT2D eigenvalue weighted by atomic mass is 35.5. The molecule has 0 bridgehead atoms. The molecule has 0 saturated carbocycles. The molecule has 0 radical (unpaired) electrons. The van der Waals surface area contributed by atoms with E-state index < -0.39 is 12.6 Å². The van der Waals surface area contributed by atoms with Crippen molar-refractivity contribution in [3.8, 4) is 6.07 Å². The van der Waals surface area contributed by atoms with E-state index in [-0.39, 0.29) is 21.7 Å². The van der Waals surface area contributed by atoms with Crippen LogP contribution in [0.1, 0.15) is 21.5 Å². The number of methoxy groups -OCH3 is 1. The SMILES string of the molecule is COC(=O)c1c(Cl)ccc(C#N)c1CO. The maximum atomic E-state index is 11.4. The summed E-state index contributed by atoms with van der Waals surface area (Å²) in [6.07, 6.45) is 0. The van der Waals surface area contributed by atoms with Crippen molar-refractivity contribution < 1.29 is 14.6 Å². The number of halogens is 1. The summed E-state index contributed by atoms with van der Waals surface area (Å²) in [6, 6.07) is 4.73. The molecule has 1 aromatic carbocycles. The standard InChI is InChI=1S/C10H8ClNO3/c1-15-10(14)9-7(5-13)6(4-12)2-3-8(9)11/h2-3,13H,5H2,1H3. The number of carbonyl (C=O) groups is 1. The average Bonchev–Trinajstić information content (AvgIpc) is 2.27. The van der Waals surface area contributed by atoms with E-state index in [1.807, 2.05) is 6.07 Å². The van der Waals surface area contributed by atoms with Gasteiger partial charge in [-0.15, -0.1) is 0 Å². The van der Waals surface area contributed by atoms with E-state index in [1.54, 1.807) is 0 Å². The maximum Gasteiger partial charge on any atom is 0.339 e. The molecule has 1 rings (SSSR count). The zero-order valence-electron chi connectivity index (χ0n) is 7.95. The van der Waals surface area contributed by atoms with E-state index in [9.17, 15) is 4.79 Å². The van der Waals surface area contributed by atoms with Gasteiger partial charge in [-0.2, -0.15) is 5.26 Å². The van der Waals surface area contributed by atoms with Gasteiger partial charge in [0.05, 0.1) is 35.9 Å². The van der Waals surface area contributed by atoms with E-state index in [1.165, 1.54) is 19.2 Å². The summed E-state index contributed by atoms with van der Waals surface area (Å²) in [5, 5.41) is 18.0. The Morgan fingerprint density at radius 2 is 2.33 bits per heavy atom. The summed E-state index contributed by atoms with van der Waals surface area (Å²) in [5.41, 5.74) is 0.444. The Bertz CT molecular complexity index is 437. The number of nitrogens with zero attached hydrogens (tertiary/aromatic N) is 1. The fraction of sp³-hybridized carbons (Fsp3) is 0.200. The summed E-state index contributed by atoms with van der Waals surface area (Å²) < 4.78 is 4.52. The highest BCUT2D eigenvalue weighted by molar-refractivity contribution is 6.33. The van der Waals surface area contributed by atoms with Crippen LogP contribution in [0.5, 0.6) is 0 Å². The molecule has 0 heterocycles. The first-order chi connectivity index (χ1) is 7.15. The van der Waals surface area contributed by atoms with Gasteiger partial charge in [-0.3, -0.25) is 0 Å². The lowest BCUT2D eigenvalue weighted by molar-refractivity contribution is 0.0597. The third kappa shape index (κ3) is 2.09. The molecule has 0 aromatic heterocycles. The minimum absolute atomic E-state index is 0.0423. The van der Waals surface area contributed by atoms with Crippen molar-refractivity contribution in [3.63, 3.8) is 0 Å². The Balaban J connectivity index is 3.47. The van der Waals surface area contributed by atoms with E-state index in [0.717, 1.165) is 0 Å². The van der Waals surface area contributed by atoms with Crippen LogP contribution in [-0.4, -0.2) is 18.2 Å². The van der Waals surface area contributed by atoms with Crippen LogP contribution in [0.15, 0.2) is 12.1 Å². The van der Waals surface area contributed by atoms with Crippen LogP contribution in [-0.2, 0) is 11.3 Å². The minimum Gasteiger partial charge on any atom is -0.465 e. The molecular formula is C10H8ClNO3. The quantitative estimate of drug-likeness (QED) is 0.775. The number of nitriles is 1. The summed E-state index contributed by atoms with van der Waals surface area (Å²) in [5.74, 6) is -0.666. The van der Waals surface area contributed by atoms with E-state index in [0.29, 0.717) is 0 Å². The molecule has 1 N–H and O–H groups in total. The number of hydrogen-bond acceptors (Lipinski definition) is 4. The zero-order valence-corrected chi connectivity index (χ0v) is 8.71. The third-order valence-electron chi connectivity index (χ3n) is 1.93. The highest BCUT2D eigenvalue weighted by Crippen LogP contribution is 2.24. The van der Waals surface area contributed by atoms with Gasteiger partial charge in [0.2, 0.25) is 0 Å². The van der Waals surface area contributed by atoms with Crippen LogP contribution in [0, 0.1) is 11.3 Å². The molecule has 0 amide bonds. The lowest BCUT2D eigenvalue weighted by atomic mass is 10.0. The summed E-state index contributed by atoms with van der Waals surface area (Å²) in [6.45, 7) is -0.437. The topological polar surface area (TPSA) is 70.3 Å². The number of ether oxygens (including phenoxy) is 1. The van der Waals surface area contributed by atoms with Crippen molar-refractivity contribution in [2.45, 2.75) is 6.61 Å². The molecule has 78 valence electrons. The van der Waals surface area contributed by atoms with Crippen LogP contribution in [0.2, 0.25) is 5.02 Å². The van der Waals surface area contributed by atoms with Gasteiger partial charge in [-0.05, 0) is 12.1 Å². The molecule has 0 aliphatic rings. The number of benzene rings is 1. The van der Waals surface area contributed by atoms with Crippen molar-refractivity contribution >= 4 is 17.6 Å². The van der Waals surface area contributed by atoms with Gasteiger partial charge in [0.15, 0.2) is 0 Å². The van der Waals surface area contributed by atoms with Crippen molar-refractivity contribution in [1.82, 2.24) is 0 Å². The molecule has 0 unspecified atom stereocenters. The first-order valence-electron chi connectivity index (χ1n) is 4.06. The second-order valence-electron chi connectivity index (χ2n) is 2.71. The first kappa shape index (κ1) is 11.5. The summed E-state index contributed by atoms with van der Waals surface area (Å²) >= 11 is 5.79. The maximum absolute atomic E-state index is 11.4. The second kappa shape index (κ2) is 4.78. The number of hydrogen-bond donors (Lipinski definition) is 1. The average molecular weight is 226 g/mol. The third-order valence-corrected chi connectivity index (χ3v) is 2.25. The van der Waals surface area contributed by atoms with Crippen LogP contribution in [0.3, 0.4) is 0 Å². The van der Waals surface area contributed by atoms with Crippen LogP contribution in [0.4, 0.5) is 0 Å². The first-order valence-corrected chi connectivity index (χ1v) is 4.44. The number of rotatable bonds is 2. The molecular weight excluding hydrogens is 218 g/mol.